The Labute approximate surface area is 59.0 Å². The van der Waals surface area contributed by atoms with E-state index in [4.69, 9.17) is 9.62 Å². The highest BCUT2D eigenvalue weighted by Gasteiger charge is 2.32. The van der Waals surface area contributed by atoms with Crippen LogP contribution in [-0.2, 0) is 19.3 Å². The van der Waals surface area contributed by atoms with Crippen molar-refractivity contribution in [1.29, 1.82) is 0 Å². The zero-order chi connectivity index (χ0) is 7.45. The molecular weight excluding hydrogens is 136 g/mol. The average Bonchev–Trinajstić information content (AvgIpc) is 2.33. The van der Waals surface area contributed by atoms with E-state index in [9.17, 15) is 4.79 Å². The Kier molecular flexibility index (Phi) is 2.37. The van der Waals surface area contributed by atoms with E-state index in [-0.39, 0.29) is 6.79 Å². The molecule has 0 bridgehead atoms. The van der Waals surface area contributed by atoms with E-state index in [1.807, 2.05) is 0 Å². The Morgan fingerprint density at radius 3 is 3.00 bits per heavy atom. The normalized spacial score (nSPS) is 32.5. The SMILES string of the molecule is CC1(CCC=O)OCOO1. The second-order valence-corrected chi connectivity index (χ2v) is 2.30. The van der Waals surface area contributed by atoms with Gasteiger partial charge in [0.25, 0.3) is 0 Å². The van der Waals surface area contributed by atoms with E-state index in [0.29, 0.717) is 12.8 Å². The zero-order valence-electron chi connectivity index (χ0n) is 5.83. The summed E-state index contributed by atoms with van der Waals surface area (Å²) in [4.78, 5) is 19.2. The third-order valence-corrected chi connectivity index (χ3v) is 1.36. The molecule has 4 heteroatoms. The van der Waals surface area contributed by atoms with Gasteiger partial charge in [-0.1, -0.05) is 0 Å². The molecule has 1 aliphatic heterocycles. The van der Waals surface area contributed by atoms with Crippen LogP contribution >= 0.6 is 0 Å². The Morgan fingerprint density at radius 2 is 2.50 bits per heavy atom. The molecule has 10 heavy (non-hydrogen) atoms. The number of rotatable bonds is 3. The zero-order valence-corrected chi connectivity index (χ0v) is 5.83. The fourth-order valence-corrected chi connectivity index (χ4v) is 0.756. The largest absolute Gasteiger partial charge is 0.318 e. The number of aldehydes is 1. The molecule has 1 fully saturated rings. The van der Waals surface area contributed by atoms with Crippen LogP contribution in [0, 0.1) is 0 Å². The van der Waals surface area contributed by atoms with Crippen molar-refractivity contribution < 1.29 is 19.3 Å². The van der Waals surface area contributed by atoms with Gasteiger partial charge in [-0.3, -0.25) is 0 Å². The summed E-state index contributed by atoms with van der Waals surface area (Å²) >= 11 is 0. The summed E-state index contributed by atoms with van der Waals surface area (Å²) in [7, 11) is 0. The highest BCUT2D eigenvalue weighted by molar-refractivity contribution is 5.49. The van der Waals surface area contributed by atoms with Crippen molar-refractivity contribution in [2.75, 3.05) is 6.79 Å². The standard InChI is InChI=1S/C6H10O4/c1-6(3-2-4-7)8-5-9-10-6/h4H,2-3,5H2,1H3. The molecule has 0 radical (unpaired) electrons. The number of carbonyl (C=O) groups excluding carboxylic acids is 1. The molecular formula is C6H10O4. The molecule has 0 aromatic rings. The van der Waals surface area contributed by atoms with Crippen molar-refractivity contribution in [1.82, 2.24) is 0 Å². The highest BCUT2D eigenvalue weighted by Crippen LogP contribution is 2.23. The van der Waals surface area contributed by atoms with Gasteiger partial charge in [0.15, 0.2) is 6.79 Å². The summed E-state index contributed by atoms with van der Waals surface area (Å²) in [6.07, 6.45) is 1.80. The maximum absolute atomic E-state index is 9.95. The van der Waals surface area contributed by atoms with Crippen LogP contribution in [0.4, 0.5) is 0 Å². The van der Waals surface area contributed by atoms with Crippen molar-refractivity contribution in [2.24, 2.45) is 0 Å². The fourth-order valence-electron chi connectivity index (χ4n) is 0.756. The Morgan fingerprint density at radius 1 is 1.70 bits per heavy atom. The smallest absolute Gasteiger partial charge is 0.201 e. The van der Waals surface area contributed by atoms with Gasteiger partial charge in [0.05, 0.1) is 0 Å². The quantitative estimate of drug-likeness (QED) is 0.432. The predicted octanol–water partition coefficient (Wildman–Crippen LogP) is 0.618. The van der Waals surface area contributed by atoms with E-state index in [1.165, 1.54) is 0 Å². The van der Waals surface area contributed by atoms with Crippen LogP contribution in [0.25, 0.3) is 0 Å². The monoisotopic (exact) mass is 146 g/mol. The van der Waals surface area contributed by atoms with E-state index < -0.39 is 5.79 Å². The number of hydrogen-bond acceptors (Lipinski definition) is 4. The summed E-state index contributed by atoms with van der Waals surface area (Å²) in [6.45, 7) is 1.89. The molecule has 1 saturated heterocycles. The molecule has 0 spiro atoms. The number of carbonyl (C=O) groups is 1. The molecule has 0 amide bonds. The van der Waals surface area contributed by atoms with Crippen molar-refractivity contribution in [2.45, 2.75) is 25.6 Å². The van der Waals surface area contributed by atoms with Gasteiger partial charge in [-0.2, -0.15) is 4.89 Å². The fraction of sp³-hybridized carbons (Fsp3) is 0.833. The topological polar surface area (TPSA) is 44.8 Å². The first kappa shape index (κ1) is 7.65. The van der Waals surface area contributed by atoms with Gasteiger partial charge in [-0.25, -0.2) is 4.89 Å². The van der Waals surface area contributed by atoms with Gasteiger partial charge in [0, 0.05) is 12.8 Å². The van der Waals surface area contributed by atoms with Crippen molar-refractivity contribution >= 4 is 6.29 Å². The first-order valence-electron chi connectivity index (χ1n) is 3.15. The molecule has 0 N–H and O–H groups in total. The maximum atomic E-state index is 9.95. The third kappa shape index (κ3) is 1.76. The lowest BCUT2D eigenvalue weighted by atomic mass is 10.2. The van der Waals surface area contributed by atoms with Crippen LogP contribution in [-0.4, -0.2) is 18.9 Å². The summed E-state index contributed by atoms with van der Waals surface area (Å²) in [5.41, 5.74) is 0. The van der Waals surface area contributed by atoms with Crippen LogP contribution in [0.15, 0.2) is 0 Å². The molecule has 1 unspecified atom stereocenters. The second-order valence-electron chi connectivity index (χ2n) is 2.30. The van der Waals surface area contributed by atoms with Crippen LogP contribution in [0.2, 0.25) is 0 Å². The average molecular weight is 146 g/mol. The second kappa shape index (κ2) is 3.09. The highest BCUT2D eigenvalue weighted by atomic mass is 17.3. The number of hydrogen-bond donors (Lipinski definition) is 0. The minimum absolute atomic E-state index is 0.148. The lowest BCUT2D eigenvalue weighted by Crippen LogP contribution is -2.24. The maximum Gasteiger partial charge on any atom is 0.201 e. The third-order valence-electron chi connectivity index (χ3n) is 1.36. The van der Waals surface area contributed by atoms with E-state index in [1.54, 1.807) is 6.92 Å². The molecule has 1 rings (SSSR count). The van der Waals surface area contributed by atoms with Crippen LogP contribution in [0.5, 0.6) is 0 Å². The first-order chi connectivity index (χ1) is 4.77. The van der Waals surface area contributed by atoms with E-state index in [2.05, 4.69) is 4.89 Å². The van der Waals surface area contributed by atoms with Crippen LogP contribution in [0.3, 0.4) is 0 Å². The van der Waals surface area contributed by atoms with Gasteiger partial charge < -0.3 is 9.53 Å². The molecule has 1 atom stereocenters. The summed E-state index contributed by atoms with van der Waals surface area (Å²) < 4.78 is 5.04. The predicted molar refractivity (Wildman–Crippen MR) is 31.8 cm³/mol. The molecule has 1 heterocycles. The Hall–Kier alpha value is -0.450. The van der Waals surface area contributed by atoms with Gasteiger partial charge in [-0.05, 0) is 6.92 Å². The lowest BCUT2D eigenvalue weighted by Gasteiger charge is -2.16. The molecule has 0 aromatic carbocycles. The van der Waals surface area contributed by atoms with Gasteiger partial charge in [-0.15, -0.1) is 0 Å². The molecule has 58 valence electrons. The van der Waals surface area contributed by atoms with E-state index in [0.717, 1.165) is 6.29 Å². The van der Waals surface area contributed by atoms with Crippen molar-refractivity contribution in [3.63, 3.8) is 0 Å². The molecule has 0 saturated carbocycles. The van der Waals surface area contributed by atoms with E-state index >= 15 is 0 Å². The van der Waals surface area contributed by atoms with Gasteiger partial charge in [0.1, 0.15) is 6.29 Å². The summed E-state index contributed by atoms with van der Waals surface area (Å²) in [5.74, 6) is -0.707. The minimum Gasteiger partial charge on any atom is -0.318 e. The van der Waals surface area contributed by atoms with Crippen LogP contribution in [0.1, 0.15) is 19.8 Å². The molecule has 0 aromatic heterocycles. The molecule has 0 aliphatic carbocycles. The number of ether oxygens (including phenoxy) is 1. The minimum atomic E-state index is -0.707. The van der Waals surface area contributed by atoms with Crippen molar-refractivity contribution in [3.8, 4) is 0 Å². The lowest BCUT2D eigenvalue weighted by molar-refractivity contribution is -0.316. The van der Waals surface area contributed by atoms with Crippen molar-refractivity contribution in [3.05, 3.63) is 0 Å². The Bertz CT molecular complexity index is 117. The van der Waals surface area contributed by atoms with Crippen LogP contribution < -0.4 is 0 Å². The summed E-state index contributed by atoms with van der Waals surface area (Å²) in [6, 6.07) is 0. The van der Waals surface area contributed by atoms with Gasteiger partial charge >= 0.3 is 0 Å². The molecule has 1 aliphatic rings. The Balaban J connectivity index is 2.28. The molecule has 4 nitrogen and oxygen atoms in total. The summed E-state index contributed by atoms with van der Waals surface area (Å²) in [5, 5.41) is 0. The van der Waals surface area contributed by atoms with Gasteiger partial charge in [0.2, 0.25) is 5.79 Å². The first-order valence-corrected chi connectivity index (χ1v) is 3.15.